The maximum Gasteiger partial charge on any atom is 0.422 e. The maximum atomic E-state index is 13.5. The number of likely N-dealkylation sites (tertiary alicyclic amines) is 2. The standard InChI is InChI=1S/C36H33ClF4N8O4/c37-24-5-3-23(4-6-24)35(13-14-35)47-32-44-31(45-33(46-32)53-21-36(39,40)41)43-27-9-1-22(2-10-27)29(51)48-17-15-34(19-48)16-18-49(20-34)30(52)28(50)42-26-11-7-25(38)8-12-26/h1-12H,13-21H2,(H,42,50)(H2,43,44,45,46,47). The summed E-state index contributed by atoms with van der Waals surface area (Å²) in [4.78, 5) is 54.6. The molecule has 3 fully saturated rings. The zero-order valence-corrected chi connectivity index (χ0v) is 28.8. The molecule has 3 aromatic carbocycles. The monoisotopic (exact) mass is 752 g/mol. The number of ether oxygens (including phenoxy) is 1. The number of carbonyl (C=O) groups is 3. The first-order chi connectivity index (χ1) is 25.3. The highest BCUT2D eigenvalue weighted by atomic mass is 35.5. The molecule has 2 saturated heterocycles. The summed E-state index contributed by atoms with van der Waals surface area (Å²) in [6.07, 6.45) is -1.84. The molecule has 1 atom stereocenters. The average molecular weight is 753 g/mol. The molecule has 0 radical (unpaired) electrons. The van der Waals surface area contributed by atoms with Crippen LogP contribution in [0.25, 0.3) is 0 Å². The van der Waals surface area contributed by atoms with Gasteiger partial charge in [-0.15, -0.1) is 0 Å². The number of nitrogens with zero attached hydrogens (tertiary/aromatic N) is 5. The van der Waals surface area contributed by atoms with E-state index in [1.807, 2.05) is 12.1 Å². The number of amides is 3. The molecule has 1 unspecified atom stereocenters. The normalized spacial score (nSPS) is 18.9. The van der Waals surface area contributed by atoms with Crippen LogP contribution in [-0.4, -0.2) is 81.4 Å². The second-order valence-corrected chi connectivity index (χ2v) is 13.9. The third-order valence-corrected chi connectivity index (χ3v) is 9.87. The molecule has 3 amide bonds. The van der Waals surface area contributed by atoms with E-state index >= 15 is 0 Å². The van der Waals surface area contributed by atoms with Crippen LogP contribution in [0.5, 0.6) is 6.01 Å². The SMILES string of the molecule is O=C(Nc1ccc(F)cc1)C(=O)N1CCC2(CCN(C(=O)c3ccc(Nc4nc(NC5(c6ccc(Cl)cc6)CC5)nc(OCC(F)(F)F)n4)cc3)C2)C1. The van der Waals surface area contributed by atoms with Crippen LogP contribution in [0.15, 0.2) is 72.8 Å². The van der Waals surface area contributed by atoms with Crippen molar-refractivity contribution < 1.29 is 36.7 Å². The lowest BCUT2D eigenvalue weighted by Crippen LogP contribution is -2.40. The zero-order chi connectivity index (χ0) is 37.4. The minimum atomic E-state index is -4.61. The Morgan fingerprint density at radius 1 is 0.792 bits per heavy atom. The number of nitrogens with one attached hydrogen (secondary N) is 3. The number of carbonyl (C=O) groups excluding carboxylic acids is 3. The van der Waals surface area contributed by atoms with E-state index in [0.29, 0.717) is 61.0 Å². The number of hydrogen-bond acceptors (Lipinski definition) is 9. The molecular formula is C36H33ClF4N8O4. The quantitative estimate of drug-likeness (QED) is 0.136. The minimum absolute atomic E-state index is 0.0163. The van der Waals surface area contributed by atoms with Crippen LogP contribution in [0.1, 0.15) is 41.6 Å². The summed E-state index contributed by atoms with van der Waals surface area (Å²) in [6.45, 7) is -0.00539. The van der Waals surface area contributed by atoms with Gasteiger partial charge in [-0.3, -0.25) is 14.4 Å². The fourth-order valence-electron chi connectivity index (χ4n) is 6.69. The largest absolute Gasteiger partial charge is 0.454 e. The molecule has 276 valence electrons. The van der Waals surface area contributed by atoms with E-state index in [4.69, 9.17) is 16.3 Å². The van der Waals surface area contributed by atoms with Crippen LogP contribution >= 0.6 is 11.6 Å². The van der Waals surface area contributed by atoms with E-state index in [1.165, 1.54) is 29.2 Å². The molecule has 1 saturated carbocycles. The van der Waals surface area contributed by atoms with Gasteiger partial charge < -0.3 is 30.5 Å². The van der Waals surface area contributed by atoms with Gasteiger partial charge in [-0.2, -0.15) is 28.1 Å². The third-order valence-electron chi connectivity index (χ3n) is 9.61. The molecule has 17 heteroatoms. The Balaban J connectivity index is 0.983. The fourth-order valence-corrected chi connectivity index (χ4v) is 6.82. The Bertz CT molecular complexity index is 2010. The van der Waals surface area contributed by atoms with Gasteiger partial charge in [0.1, 0.15) is 5.82 Å². The molecule has 3 N–H and O–H groups in total. The number of benzene rings is 3. The van der Waals surface area contributed by atoms with E-state index in [0.717, 1.165) is 18.4 Å². The van der Waals surface area contributed by atoms with Crippen LogP contribution in [0.3, 0.4) is 0 Å². The van der Waals surface area contributed by atoms with E-state index in [-0.39, 0.29) is 23.2 Å². The highest BCUT2D eigenvalue weighted by Crippen LogP contribution is 2.48. The van der Waals surface area contributed by atoms with E-state index in [1.54, 1.807) is 41.3 Å². The molecule has 12 nitrogen and oxygen atoms in total. The lowest BCUT2D eigenvalue weighted by atomic mass is 9.86. The highest BCUT2D eigenvalue weighted by molar-refractivity contribution is 6.39. The van der Waals surface area contributed by atoms with Crippen LogP contribution in [-0.2, 0) is 15.1 Å². The molecule has 4 aromatic rings. The van der Waals surface area contributed by atoms with Crippen molar-refractivity contribution in [2.45, 2.75) is 37.4 Å². The molecule has 1 spiro atoms. The zero-order valence-electron chi connectivity index (χ0n) is 28.1. The average Bonchev–Trinajstić information content (AvgIpc) is 3.60. The van der Waals surface area contributed by atoms with Crippen molar-refractivity contribution in [1.82, 2.24) is 24.8 Å². The highest BCUT2D eigenvalue weighted by Gasteiger charge is 2.47. The van der Waals surface area contributed by atoms with Crippen LogP contribution in [0.2, 0.25) is 5.02 Å². The van der Waals surface area contributed by atoms with Crippen LogP contribution < -0.4 is 20.7 Å². The number of hydrogen-bond donors (Lipinski definition) is 3. The second kappa shape index (κ2) is 14.1. The summed E-state index contributed by atoms with van der Waals surface area (Å²) in [5, 5.41) is 9.25. The van der Waals surface area contributed by atoms with E-state index < -0.39 is 42.0 Å². The fraction of sp³-hybridized carbons (Fsp3) is 0.333. The van der Waals surface area contributed by atoms with Gasteiger partial charge in [-0.1, -0.05) is 23.7 Å². The van der Waals surface area contributed by atoms with Gasteiger partial charge in [0.05, 0.1) is 5.54 Å². The maximum absolute atomic E-state index is 13.5. The Morgan fingerprint density at radius 2 is 1.42 bits per heavy atom. The van der Waals surface area contributed by atoms with Crippen molar-refractivity contribution in [3.8, 4) is 6.01 Å². The molecule has 0 bridgehead atoms. The van der Waals surface area contributed by atoms with Crippen molar-refractivity contribution in [2.75, 3.05) is 48.7 Å². The molecule has 1 aliphatic carbocycles. The van der Waals surface area contributed by atoms with E-state index in [9.17, 15) is 31.9 Å². The van der Waals surface area contributed by atoms with Gasteiger partial charge in [-0.05, 0) is 91.9 Å². The summed E-state index contributed by atoms with van der Waals surface area (Å²) < 4.78 is 57.0. The van der Waals surface area contributed by atoms with Crippen molar-refractivity contribution in [3.05, 3.63) is 94.8 Å². The van der Waals surface area contributed by atoms with Gasteiger partial charge >= 0.3 is 24.0 Å². The van der Waals surface area contributed by atoms with Gasteiger partial charge in [0.15, 0.2) is 6.61 Å². The number of halogens is 5. The Labute approximate surface area is 305 Å². The number of rotatable bonds is 9. The van der Waals surface area contributed by atoms with Gasteiger partial charge in [0, 0.05) is 53.6 Å². The summed E-state index contributed by atoms with van der Waals surface area (Å²) in [5.41, 5.74) is 1.23. The second-order valence-electron chi connectivity index (χ2n) is 13.5. The van der Waals surface area contributed by atoms with Crippen molar-refractivity contribution >= 4 is 52.6 Å². The predicted octanol–water partition coefficient (Wildman–Crippen LogP) is 6.15. The van der Waals surface area contributed by atoms with Crippen molar-refractivity contribution in [1.29, 1.82) is 0 Å². The molecule has 53 heavy (non-hydrogen) atoms. The Kier molecular flexibility index (Phi) is 9.57. The molecule has 2 aliphatic heterocycles. The molecule has 3 heterocycles. The van der Waals surface area contributed by atoms with Crippen LogP contribution in [0.4, 0.5) is 40.8 Å². The summed E-state index contributed by atoms with van der Waals surface area (Å²) in [5.74, 6) is -2.22. The number of alkyl halides is 3. The topological polar surface area (TPSA) is 142 Å². The first-order valence-corrected chi connectivity index (χ1v) is 17.2. The number of anilines is 4. The number of aromatic nitrogens is 3. The summed E-state index contributed by atoms with van der Waals surface area (Å²) in [7, 11) is 0. The van der Waals surface area contributed by atoms with Gasteiger partial charge in [0.2, 0.25) is 11.9 Å². The third kappa shape index (κ3) is 8.43. The first-order valence-electron chi connectivity index (χ1n) is 16.8. The van der Waals surface area contributed by atoms with Gasteiger partial charge in [0.25, 0.3) is 5.91 Å². The lowest BCUT2D eigenvalue weighted by Gasteiger charge is -2.24. The lowest BCUT2D eigenvalue weighted by molar-refractivity contribution is -0.154. The molecule has 7 rings (SSSR count). The summed E-state index contributed by atoms with van der Waals surface area (Å²) >= 11 is 6.04. The van der Waals surface area contributed by atoms with E-state index in [2.05, 4.69) is 30.9 Å². The summed E-state index contributed by atoms with van der Waals surface area (Å²) in [6, 6.07) is 18.3. The molecule has 3 aliphatic rings. The predicted molar refractivity (Wildman–Crippen MR) is 186 cm³/mol. The van der Waals surface area contributed by atoms with Crippen LogP contribution in [0, 0.1) is 11.2 Å². The van der Waals surface area contributed by atoms with Gasteiger partial charge in [-0.25, -0.2) is 4.39 Å². The first kappa shape index (κ1) is 35.9. The van der Waals surface area contributed by atoms with Crippen molar-refractivity contribution in [2.24, 2.45) is 5.41 Å². The molecule has 1 aromatic heterocycles. The Morgan fingerprint density at radius 3 is 2.08 bits per heavy atom. The van der Waals surface area contributed by atoms with Crippen molar-refractivity contribution in [3.63, 3.8) is 0 Å². The smallest absolute Gasteiger partial charge is 0.422 e. The Hall–Kier alpha value is -5.51. The molecular weight excluding hydrogens is 720 g/mol. The minimum Gasteiger partial charge on any atom is -0.454 e.